The highest BCUT2D eigenvalue weighted by Gasteiger charge is 2.20. The molecule has 0 saturated carbocycles. The summed E-state index contributed by atoms with van der Waals surface area (Å²) in [6, 6.07) is 48.0. The molecule has 0 N–H and O–H groups in total. The number of benzene rings is 6. The van der Waals surface area contributed by atoms with Crippen LogP contribution in [0.5, 0.6) is 0 Å². The van der Waals surface area contributed by atoms with Crippen LogP contribution in [0.2, 0.25) is 0 Å². The fraction of sp³-hybridized carbons (Fsp3) is 0. The van der Waals surface area contributed by atoms with Crippen molar-refractivity contribution in [3.8, 4) is 39.1 Å². The SMILES string of the molecule is c1ccc(-c2c(-c3cccc4nn(-c5ccccc5)nc34)cccc2-c2cccc3oc4ccccc4c23)cc1. The van der Waals surface area contributed by atoms with Crippen molar-refractivity contribution in [2.45, 2.75) is 0 Å². The number of hydrogen-bond acceptors (Lipinski definition) is 3. The Bertz CT molecular complexity index is 2160. The van der Waals surface area contributed by atoms with Gasteiger partial charge in [0.05, 0.1) is 5.69 Å². The minimum absolute atomic E-state index is 0.855. The second-order valence-electron chi connectivity index (χ2n) is 9.87. The van der Waals surface area contributed by atoms with E-state index in [1.807, 2.05) is 54.6 Å². The van der Waals surface area contributed by atoms with Gasteiger partial charge in [-0.3, -0.25) is 0 Å². The van der Waals surface area contributed by atoms with Gasteiger partial charge in [0.1, 0.15) is 22.2 Å². The van der Waals surface area contributed by atoms with Gasteiger partial charge in [0.2, 0.25) is 0 Å². The maximum Gasteiger partial charge on any atom is 0.136 e. The number of fused-ring (bicyclic) bond motifs is 4. The van der Waals surface area contributed by atoms with Crippen LogP contribution in [-0.4, -0.2) is 15.0 Å². The lowest BCUT2D eigenvalue weighted by Gasteiger charge is -2.17. The summed E-state index contributed by atoms with van der Waals surface area (Å²) in [5, 5.41) is 12.0. The first kappa shape index (κ1) is 22.5. The minimum atomic E-state index is 0.855. The van der Waals surface area contributed by atoms with E-state index in [4.69, 9.17) is 14.6 Å². The second kappa shape index (κ2) is 9.07. The van der Waals surface area contributed by atoms with Gasteiger partial charge in [-0.1, -0.05) is 109 Å². The molecular weight excluding hydrogens is 490 g/mol. The summed E-state index contributed by atoms with van der Waals surface area (Å²) < 4.78 is 6.26. The summed E-state index contributed by atoms with van der Waals surface area (Å²) in [4.78, 5) is 1.72. The van der Waals surface area contributed by atoms with Crippen molar-refractivity contribution in [2.75, 3.05) is 0 Å². The van der Waals surface area contributed by atoms with Gasteiger partial charge in [-0.2, -0.15) is 4.80 Å². The Morgan fingerprint density at radius 2 is 1.10 bits per heavy atom. The first-order valence-electron chi connectivity index (χ1n) is 13.4. The lowest BCUT2D eigenvalue weighted by Crippen LogP contribution is -1.97. The summed E-state index contributed by atoms with van der Waals surface area (Å²) in [5.41, 5.74) is 11.2. The van der Waals surface area contributed by atoms with Gasteiger partial charge in [0.25, 0.3) is 0 Å². The van der Waals surface area contributed by atoms with Crippen LogP contribution >= 0.6 is 0 Å². The Morgan fingerprint density at radius 3 is 1.95 bits per heavy atom. The molecule has 8 aromatic rings. The number of para-hydroxylation sites is 2. The Hall–Kier alpha value is -5.48. The molecule has 40 heavy (non-hydrogen) atoms. The van der Waals surface area contributed by atoms with E-state index in [-0.39, 0.29) is 0 Å². The molecule has 188 valence electrons. The van der Waals surface area contributed by atoms with Crippen LogP contribution in [0.1, 0.15) is 0 Å². The molecule has 0 radical (unpaired) electrons. The van der Waals surface area contributed by atoms with E-state index in [9.17, 15) is 0 Å². The van der Waals surface area contributed by atoms with E-state index in [1.54, 1.807) is 4.80 Å². The van der Waals surface area contributed by atoms with E-state index in [2.05, 4.69) is 84.9 Å². The van der Waals surface area contributed by atoms with Crippen molar-refractivity contribution in [1.82, 2.24) is 15.0 Å². The molecule has 4 heteroatoms. The third-order valence-electron chi connectivity index (χ3n) is 7.51. The molecule has 2 heterocycles. The van der Waals surface area contributed by atoms with Gasteiger partial charge in [-0.25, -0.2) is 0 Å². The van der Waals surface area contributed by atoms with Crippen LogP contribution in [0.4, 0.5) is 0 Å². The summed E-state index contributed by atoms with van der Waals surface area (Å²) in [6.45, 7) is 0. The first-order valence-corrected chi connectivity index (χ1v) is 13.4. The Balaban J connectivity index is 1.43. The van der Waals surface area contributed by atoms with E-state index < -0.39 is 0 Å². The molecule has 0 bridgehead atoms. The van der Waals surface area contributed by atoms with E-state index >= 15 is 0 Å². The quantitative estimate of drug-likeness (QED) is 0.235. The van der Waals surface area contributed by atoms with E-state index in [0.29, 0.717) is 0 Å². The van der Waals surface area contributed by atoms with Crippen molar-refractivity contribution in [2.24, 2.45) is 0 Å². The predicted molar refractivity (Wildman–Crippen MR) is 162 cm³/mol. The Labute approximate surface area is 230 Å². The van der Waals surface area contributed by atoms with Crippen LogP contribution in [0.25, 0.3) is 72.0 Å². The minimum Gasteiger partial charge on any atom is -0.456 e. The molecule has 0 aliphatic carbocycles. The van der Waals surface area contributed by atoms with Crippen LogP contribution in [0.15, 0.2) is 144 Å². The number of rotatable bonds is 4. The molecule has 6 aromatic carbocycles. The fourth-order valence-corrected chi connectivity index (χ4v) is 5.75. The van der Waals surface area contributed by atoms with Crippen molar-refractivity contribution >= 4 is 33.0 Å². The maximum absolute atomic E-state index is 6.26. The Morgan fingerprint density at radius 1 is 0.475 bits per heavy atom. The maximum atomic E-state index is 6.26. The summed E-state index contributed by atoms with van der Waals surface area (Å²) in [7, 11) is 0. The average molecular weight is 514 g/mol. The standard InChI is InChI=1S/C36H23N3O/c1-3-12-24(13-4-1)34-26(27-19-11-23-33-35(27)30-16-7-8-22-32(30)40-33)17-9-18-28(34)29-20-10-21-31-36(29)38-39(37-31)25-14-5-2-6-15-25/h1-23H. The van der Waals surface area contributed by atoms with Gasteiger partial charge >= 0.3 is 0 Å². The number of aromatic nitrogens is 3. The molecule has 8 rings (SSSR count). The number of nitrogens with zero attached hydrogens (tertiary/aromatic N) is 3. The zero-order valence-electron chi connectivity index (χ0n) is 21.5. The van der Waals surface area contributed by atoms with E-state index in [0.717, 1.165) is 72.0 Å². The number of furan rings is 1. The zero-order valence-corrected chi connectivity index (χ0v) is 21.5. The molecule has 0 spiro atoms. The van der Waals surface area contributed by atoms with Crippen molar-refractivity contribution in [3.05, 3.63) is 140 Å². The van der Waals surface area contributed by atoms with Crippen LogP contribution < -0.4 is 0 Å². The lowest BCUT2D eigenvalue weighted by atomic mass is 9.86. The average Bonchev–Trinajstić information content (AvgIpc) is 3.63. The highest BCUT2D eigenvalue weighted by molar-refractivity contribution is 6.14. The van der Waals surface area contributed by atoms with Gasteiger partial charge in [-0.15, -0.1) is 10.2 Å². The smallest absolute Gasteiger partial charge is 0.136 e. The normalized spacial score (nSPS) is 11.5. The molecule has 0 unspecified atom stereocenters. The highest BCUT2D eigenvalue weighted by atomic mass is 16.3. The second-order valence-corrected chi connectivity index (χ2v) is 9.87. The summed E-state index contributed by atoms with van der Waals surface area (Å²) in [5.74, 6) is 0. The molecule has 0 aliphatic heterocycles. The topological polar surface area (TPSA) is 43.9 Å². The van der Waals surface area contributed by atoms with Crippen LogP contribution in [-0.2, 0) is 0 Å². The predicted octanol–water partition coefficient (Wildman–Crippen LogP) is 9.32. The first-order chi connectivity index (χ1) is 19.8. The molecule has 0 saturated heterocycles. The summed E-state index contributed by atoms with van der Waals surface area (Å²) in [6.07, 6.45) is 0. The van der Waals surface area contributed by atoms with Crippen molar-refractivity contribution in [3.63, 3.8) is 0 Å². The molecule has 0 fully saturated rings. The van der Waals surface area contributed by atoms with Crippen LogP contribution in [0, 0.1) is 0 Å². The third kappa shape index (κ3) is 3.54. The van der Waals surface area contributed by atoms with Crippen LogP contribution in [0.3, 0.4) is 0 Å². The van der Waals surface area contributed by atoms with Crippen molar-refractivity contribution < 1.29 is 4.42 Å². The molecule has 0 amide bonds. The Kier molecular flexibility index (Phi) is 5.10. The van der Waals surface area contributed by atoms with Gasteiger partial charge in [0, 0.05) is 16.3 Å². The summed E-state index contributed by atoms with van der Waals surface area (Å²) >= 11 is 0. The molecule has 0 aliphatic rings. The third-order valence-corrected chi connectivity index (χ3v) is 7.51. The molecular formula is C36H23N3O. The number of hydrogen-bond donors (Lipinski definition) is 0. The molecule has 4 nitrogen and oxygen atoms in total. The lowest BCUT2D eigenvalue weighted by molar-refractivity contribution is 0.669. The van der Waals surface area contributed by atoms with Gasteiger partial charge < -0.3 is 4.42 Å². The zero-order chi connectivity index (χ0) is 26.5. The highest BCUT2D eigenvalue weighted by Crippen LogP contribution is 2.45. The van der Waals surface area contributed by atoms with Gasteiger partial charge in [-0.05, 0) is 58.1 Å². The van der Waals surface area contributed by atoms with E-state index in [1.165, 1.54) is 0 Å². The molecule has 2 aromatic heterocycles. The fourth-order valence-electron chi connectivity index (χ4n) is 5.75. The largest absolute Gasteiger partial charge is 0.456 e. The van der Waals surface area contributed by atoms with Gasteiger partial charge in [0.15, 0.2) is 0 Å². The monoisotopic (exact) mass is 513 g/mol. The molecule has 0 atom stereocenters. The van der Waals surface area contributed by atoms with Crippen molar-refractivity contribution in [1.29, 1.82) is 0 Å².